The van der Waals surface area contributed by atoms with Crippen molar-refractivity contribution in [2.45, 2.75) is 95.4 Å². The number of methoxy groups -OCH3 is 1. The predicted molar refractivity (Wildman–Crippen MR) is 175 cm³/mol. The van der Waals surface area contributed by atoms with Gasteiger partial charge in [-0.05, 0) is 88.0 Å². The Morgan fingerprint density at radius 3 is 2.54 bits per heavy atom. The van der Waals surface area contributed by atoms with Crippen LogP contribution in [0.1, 0.15) is 79.7 Å². The highest BCUT2D eigenvalue weighted by Crippen LogP contribution is 2.62. The maximum absolute atomic E-state index is 13.8. The topological polar surface area (TPSA) is 120 Å². The summed E-state index contributed by atoms with van der Waals surface area (Å²) in [7, 11) is 1.61. The third kappa shape index (κ3) is 4.65. The predicted octanol–water partition coefficient (Wildman–Crippen LogP) is 5.25. The van der Waals surface area contributed by atoms with Gasteiger partial charge in [-0.25, -0.2) is 18.7 Å². The van der Waals surface area contributed by atoms with Crippen molar-refractivity contribution in [2.75, 3.05) is 7.11 Å². The maximum Gasteiger partial charge on any atom is 0.254 e. The van der Waals surface area contributed by atoms with E-state index in [4.69, 9.17) is 20.4 Å². The number of aryl methyl sites for hydroxylation is 1. The van der Waals surface area contributed by atoms with Gasteiger partial charge in [0.2, 0.25) is 11.8 Å². The van der Waals surface area contributed by atoms with Gasteiger partial charge in [0.15, 0.2) is 5.88 Å². The lowest BCUT2D eigenvalue weighted by atomic mass is 9.97. The molecule has 3 saturated carbocycles. The second-order valence-electron chi connectivity index (χ2n) is 15.0. The van der Waals surface area contributed by atoms with E-state index in [1.807, 2.05) is 41.3 Å². The molecular weight excluding hydrogens is 616 g/mol. The van der Waals surface area contributed by atoms with Crippen LogP contribution in [0.3, 0.4) is 0 Å². The Morgan fingerprint density at radius 1 is 1.10 bits per heavy atom. The van der Waals surface area contributed by atoms with Crippen LogP contribution in [0.15, 0.2) is 30.3 Å². The third-order valence-electron chi connectivity index (χ3n) is 11.8. The van der Waals surface area contributed by atoms with Crippen molar-refractivity contribution in [2.24, 2.45) is 29.4 Å². The smallest absolute Gasteiger partial charge is 0.254 e. The molecule has 7 atom stereocenters. The highest BCUT2D eigenvalue weighted by Gasteiger charge is 2.65. The molecule has 2 bridgehead atoms. The molecule has 252 valence electrons. The fraction of sp³-hybridized carbons (Fsp3) is 0.556. The van der Waals surface area contributed by atoms with Gasteiger partial charge in [-0.3, -0.25) is 14.0 Å². The van der Waals surface area contributed by atoms with Gasteiger partial charge in [0.25, 0.3) is 5.91 Å². The number of carbonyl (C=O) groups excluding carboxylic acids is 2. The van der Waals surface area contributed by atoms with E-state index in [9.17, 15) is 18.4 Å². The standard InChI is InChI=1S/C36H41F2N7O3/c1-17(40-34(46)31-23-14-36(37,38)15-24(23)31)26-8-6-20-10-28(43(33(20)41-26)16-19-4-5-19)32-18(2)44-29(42-32)11-21(12-30(44)48-3)35(47)45-22-7-9-27(45)25(39)13-22/h6,8,10-12,17,19,22-25,27,31H,4-5,7,9,13-16,39H2,1-3H3,(H,40,46)/t17-,22+,23-,24+,25-,27-,31+/m1/s1. The van der Waals surface area contributed by atoms with E-state index in [0.717, 1.165) is 72.5 Å². The molecule has 5 aliphatic rings. The summed E-state index contributed by atoms with van der Waals surface area (Å²) in [5, 5.41) is 4.02. The first-order valence-electron chi connectivity index (χ1n) is 17.4. The van der Waals surface area contributed by atoms with Crippen molar-refractivity contribution in [3.8, 4) is 17.3 Å². The summed E-state index contributed by atoms with van der Waals surface area (Å²) in [5.74, 6) is -2.48. The lowest BCUT2D eigenvalue weighted by Gasteiger charge is -2.23. The zero-order chi connectivity index (χ0) is 33.2. The van der Waals surface area contributed by atoms with Gasteiger partial charge in [-0.2, -0.15) is 0 Å². The molecule has 0 unspecified atom stereocenters. The number of rotatable bonds is 8. The molecule has 2 saturated heterocycles. The first-order valence-corrected chi connectivity index (χ1v) is 17.4. The van der Waals surface area contributed by atoms with Crippen LogP contribution in [0, 0.1) is 30.6 Å². The zero-order valence-corrected chi connectivity index (χ0v) is 27.5. The van der Waals surface area contributed by atoms with Crippen LogP contribution in [0.2, 0.25) is 0 Å². The Bertz CT molecular complexity index is 1990. The quantitative estimate of drug-likeness (QED) is 0.267. The molecule has 0 radical (unpaired) electrons. The van der Waals surface area contributed by atoms with Gasteiger partial charge in [-0.1, -0.05) is 0 Å². The summed E-state index contributed by atoms with van der Waals surface area (Å²) in [6, 6.07) is 9.64. The Kier molecular flexibility index (Phi) is 6.55. The maximum atomic E-state index is 13.8. The largest absolute Gasteiger partial charge is 0.482 e. The molecule has 3 aliphatic carbocycles. The summed E-state index contributed by atoms with van der Waals surface area (Å²) in [6.45, 7) is 4.70. The van der Waals surface area contributed by atoms with Gasteiger partial charge in [0, 0.05) is 60.4 Å². The van der Waals surface area contributed by atoms with Gasteiger partial charge in [-0.15, -0.1) is 0 Å². The molecule has 10 nitrogen and oxygen atoms in total. The van der Waals surface area contributed by atoms with Crippen LogP contribution in [-0.4, -0.2) is 66.8 Å². The Hall–Kier alpha value is -4.06. The van der Waals surface area contributed by atoms with E-state index in [2.05, 4.69) is 16.0 Å². The average molecular weight is 658 g/mol. The van der Waals surface area contributed by atoms with Crippen molar-refractivity contribution in [3.05, 3.63) is 47.3 Å². The van der Waals surface area contributed by atoms with Crippen molar-refractivity contribution in [1.82, 2.24) is 29.2 Å². The molecule has 48 heavy (non-hydrogen) atoms. The Morgan fingerprint density at radius 2 is 1.88 bits per heavy atom. The third-order valence-corrected chi connectivity index (χ3v) is 11.8. The van der Waals surface area contributed by atoms with Crippen molar-refractivity contribution in [3.63, 3.8) is 0 Å². The normalized spacial score (nSPS) is 29.1. The molecule has 4 aromatic rings. The molecule has 0 aromatic carbocycles. The van der Waals surface area contributed by atoms with Crippen molar-refractivity contribution in [1.29, 1.82) is 0 Å². The van der Waals surface area contributed by atoms with Crippen molar-refractivity contribution < 1.29 is 23.1 Å². The molecule has 5 fully saturated rings. The number of nitrogens with one attached hydrogen (secondary N) is 1. The number of carbonyl (C=O) groups is 2. The number of amides is 2. The van der Waals surface area contributed by atoms with Gasteiger partial charge in [0.1, 0.15) is 17.0 Å². The number of imidazole rings is 1. The molecule has 9 rings (SSSR count). The van der Waals surface area contributed by atoms with E-state index in [-0.39, 0.29) is 66.6 Å². The molecule has 3 N–H and O–H groups in total. The second kappa shape index (κ2) is 10.5. The fourth-order valence-electron chi connectivity index (χ4n) is 9.16. The molecular formula is C36H41F2N7O3. The molecule has 6 heterocycles. The summed E-state index contributed by atoms with van der Waals surface area (Å²) in [4.78, 5) is 39.0. The van der Waals surface area contributed by atoms with Crippen LogP contribution < -0.4 is 15.8 Å². The van der Waals surface area contributed by atoms with Crippen LogP contribution in [0.5, 0.6) is 5.88 Å². The number of ether oxygens (including phenoxy) is 1. The summed E-state index contributed by atoms with van der Waals surface area (Å²) in [6.07, 6.45) is 4.71. The molecule has 0 spiro atoms. The Balaban J connectivity index is 1.05. The Labute approximate surface area is 277 Å². The van der Waals surface area contributed by atoms with E-state index in [0.29, 0.717) is 23.0 Å². The van der Waals surface area contributed by atoms with Crippen molar-refractivity contribution >= 4 is 28.5 Å². The first kappa shape index (κ1) is 30.0. The number of fused-ring (bicyclic) bond motifs is 5. The first-order chi connectivity index (χ1) is 23.0. The molecule has 2 amide bonds. The zero-order valence-electron chi connectivity index (χ0n) is 27.5. The number of nitrogens with two attached hydrogens (primary N) is 1. The second-order valence-corrected chi connectivity index (χ2v) is 15.0. The van der Waals surface area contributed by atoms with Crippen LogP contribution in [0.4, 0.5) is 8.78 Å². The number of hydrogen-bond acceptors (Lipinski definition) is 6. The minimum atomic E-state index is -2.64. The van der Waals surface area contributed by atoms with Crippen LogP contribution >= 0.6 is 0 Å². The van der Waals surface area contributed by atoms with Gasteiger partial charge in [0.05, 0.1) is 30.2 Å². The number of nitrogens with zero attached hydrogens (tertiary/aromatic N) is 5. The van der Waals surface area contributed by atoms with E-state index in [1.165, 1.54) is 0 Å². The number of hydrogen-bond donors (Lipinski definition) is 2. The summed E-state index contributed by atoms with van der Waals surface area (Å²) < 4.78 is 37.4. The summed E-state index contributed by atoms with van der Waals surface area (Å²) in [5.41, 5.74) is 11.7. The van der Waals surface area contributed by atoms with E-state index < -0.39 is 5.92 Å². The minimum Gasteiger partial charge on any atom is -0.482 e. The van der Waals surface area contributed by atoms with Crippen LogP contribution in [-0.2, 0) is 11.3 Å². The fourth-order valence-corrected chi connectivity index (χ4v) is 9.16. The van der Waals surface area contributed by atoms with Gasteiger partial charge < -0.3 is 25.3 Å². The lowest BCUT2D eigenvalue weighted by molar-refractivity contribution is -0.124. The summed E-state index contributed by atoms with van der Waals surface area (Å²) >= 11 is 0. The monoisotopic (exact) mass is 657 g/mol. The number of pyridine rings is 2. The lowest BCUT2D eigenvalue weighted by Crippen LogP contribution is -2.40. The highest BCUT2D eigenvalue weighted by molar-refractivity contribution is 5.97. The number of halogens is 2. The van der Waals surface area contributed by atoms with E-state index in [1.54, 1.807) is 13.2 Å². The number of alkyl halides is 2. The molecule has 12 heteroatoms. The molecule has 2 aliphatic heterocycles. The molecule has 4 aromatic heterocycles. The van der Waals surface area contributed by atoms with Gasteiger partial charge >= 0.3 is 0 Å². The minimum absolute atomic E-state index is 0.0223. The average Bonchev–Trinajstić information content (AvgIpc) is 3.70. The SMILES string of the molecule is COc1cc(C(=O)N2[C@H]3CC[C@@H]2[C@H](N)C3)cc2nc(-c3cc4ccc([C@@H](C)NC(=O)[C@H]5[C@@H]6CC(F)(F)C[C@@H]65)nc4n3CC3CC3)c(C)n12. The highest BCUT2D eigenvalue weighted by atomic mass is 19.3. The van der Waals surface area contributed by atoms with E-state index >= 15 is 0 Å². The number of aromatic nitrogens is 4. The van der Waals surface area contributed by atoms with Crippen LogP contribution in [0.25, 0.3) is 28.1 Å².